The van der Waals surface area contributed by atoms with Crippen LogP contribution in [0.3, 0.4) is 0 Å². The fourth-order valence-corrected chi connectivity index (χ4v) is 4.73. The van der Waals surface area contributed by atoms with Crippen LogP contribution in [0.2, 0.25) is 0 Å². The summed E-state index contributed by atoms with van der Waals surface area (Å²) in [7, 11) is 0. The highest BCUT2D eigenvalue weighted by Gasteiger charge is 2.14. The summed E-state index contributed by atoms with van der Waals surface area (Å²) >= 11 is 0. The Balaban J connectivity index is 1.74. The zero-order chi connectivity index (χ0) is 21.7. The molecule has 3 nitrogen and oxygen atoms in total. The average Bonchev–Trinajstić information content (AvgIpc) is 2.82. The minimum atomic E-state index is -1.31. The molecule has 152 valence electrons. The zero-order valence-corrected chi connectivity index (χ0v) is 17.1. The number of ether oxygens (including phenoxy) is 1. The molecular weight excluding hydrogens is 396 g/mol. The lowest BCUT2D eigenvalue weighted by Crippen LogP contribution is -2.03. The standard InChI is InChI=1S/C29H18O3/c30-29(31)32-27-17-20-9-1-4-10-22(20)26-16-21(13-14-25(26)27)28-23-11-5-2-7-18(23)15-19-8-3-6-12-24(19)28/h1-17H,(H,30,31). The molecule has 32 heavy (non-hydrogen) atoms. The monoisotopic (exact) mass is 414 g/mol. The Morgan fingerprint density at radius 1 is 0.562 bits per heavy atom. The molecule has 3 heteroatoms. The summed E-state index contributed by atoms with van der Waals surface area (Å²) in [5, 5.41) is 17.7. The van der Waals surface area contributed by atoms with Crippen LogP contribution in [0.1, 0.15) is 0 Å². The van der Waals surface area contributed by atoms with E-state index in [9.17, 15) is 9.90 Å². The van der Waals surface area contributed by atoms with Crippen molar-refractivity contribution >= 4 is 49.2 Å². The van der Waals surface area contributed by atoms with Crippen molar-refractivity contribution in [1.29, 1.82) is 0 Å². The minimum absolute atomic E-state index is 0.348. The molecule has 0 saturated heterocycles. The number of carboxylic acid groups (broad SMARTS) is 1. The molecule has 6 rings (SSSR count). The van der Waals surface area contributed by atoms with Crippen LogP contribution in [-0.4, -0.2) is 11.3 Å². The summed E-state index contributed by atoms with van der Waals surface area (Å²) in [6, 6.07) is 35.0. The molecule has 0 saturated carbocycles. The number of rotatable bonds is 2. The van der Waals surface area contributed by atoms with Gasteiger partial charge in [-0.2, -0.15) is 0 Å². The van der Waals surface area contributed by atoms with Crippen LogP contribution < -0.4 is 4.74 Å². The third-order valence-electron chi connectivity index (χ3n) is 6.08. The minimum Gasteiger partial charge on any atom is -0.449 e. The topological polar surface area (TPSA) is 46.5 Å². The first-order valence-corrected chi connectivity index (χ1v) is 10.5. The van der Waals surface area contributed by atoms with Crippen molar-refractivity contribution in [2.45, 2.75) is 0 Å². The van der Waals surface area contributed by atoms with E-state index in [1.54, 1.807) is 6.07 Å². The van der Waals surface area contributed by atoms with Gasteiger partial charge in [-0.15, -0.1) is 0 Å². The van der Waals surface area contributed by atoms with Crippen molar-refractivity contribution in [2.24, 2.45) is 0 Å². The Morgan fingerprint density at radius 3 is 1.75 bits per heavy atom. The summed E-state index contributed by atoms with van der Waals surface area (Å²) in [6.45, 7) is 0. The van der Waals surface area contributed by atoms with Crippen molar-refractivity contribution in [3.8, 4) is 16.9 Å². The van der Waals surface area contributed by atoms with Gasteiger partial charge in [0.05, 0.1) is 0 Å². The molecule has 6 aromatic carbocycles. The molecule has 0 unspecified atom stereocenters. The number of carbonyl (C=O) groups is 1. The molecule has 0 heterocycles. The summed E-state index contributed by atoms with van der Waals surface area (Å²) < 4.78 is 5.14. The van der Waals surface area contributed by atoms with Crippen LogP contribution in [0.15, 0.2) is 103 Å². The van der Waals surface area contributed by atoms with Gasteiger partial charge in [0, 0.05) is 5.39 Å². The fourth-order valence-electron chi connectivity index (χ4n) is 4.73. The van der Waals surface area contributed by atoms with Gasteiger partial charge in [-0.25, -0.2) is 4.79 Å². The largest absolute Gasteiger partial charge is 0.511 e. The van der Waals surface area contributed by atoms with Gasteiger partial charge in [0.1, 0.15) is 5.75 Å². The second kappa shape index (κ2) is 7.10. The Morgan fingerprint density at radius 2 is 1.12 bits per heavy atom. The molecule has 0 bridgehead atoms. The quantitative estimate of drug-likeness (QED) is 0.135. The van der Waals surface area contributed by atoms with Crippen molar-refractivity contribution in [2.75, 3.05) is 0 Å². The molecule has 6 aromatic rings. The highest BCUT2D eigenvalue weighted by atomic mass is 16.7. The molecule has 0 radical (unpaired) electrons. The number of hydrogen-bond donors (Lipinski definition) is 1. The van der Waals surface area contributed by atoms with E-state index in [4.69, 9.17) is 4.74 Å². The average molecular weight is 414 g/mol. The first kappa shape index (κ1) is 18.4. The smallest absolute Gasteiger partial charge is 0.449 e. The van der Waals surface area contributed by atoms with E-state index in [0.29, 0.717) is 5.75 Å². The Labute approximate surface area is 184 Å². The highest BCUT2D eigenvalue weighted by Crippen LogP contribution is 2.40. The molecule has 0 aromatic heterocycles. The molecule has 0 spiro atoms. The van der Waals surface area contributed by atoms with Crippen LogP contribution in [0.4, 0.5) is 4.79 Å². The predicted octanol–water partition coefficient (Wildman–Crippen LogP) is 8.02. The van der Waals surface area contributed by atoms with Gasteiger partial charge >= 0.3 is 6.16 Å². The molecule has 0 atom stereocenters. The van der Waals surface area contributed by atoms with Crippen LogP contribution in [0.25, 0.3) is 54.2 Å². The van der Waals surface area contributed by atoms with Crippen molar-refractivity contribution in [1.82, 2.24) is 0 Å². The van der Waals surface area contributed by atoms with Gasteiger partial charge < -0.3 is 9.84 Å². The van der Waals surface area contributed by atoms with E-state index < -0.39 is 6.16 Å². The maximum Gasteiger partial charge on any atom is 0.511 e. The first-order valence-electron chi connectivity index (χ1n) is 10.5. The van der Waals surface area contributed by atoms with Crippen LogP contribution in [0.5, 0.6) is 5.75 Å². The van der Waals surface area contributed by atoms with Crippen LogP contribution >= 0.6 is 0 Å². The van der Waals surface area contributed by atoms with Gasteiger partial charge in [0.25, 0.3) is 0 Å². The van der Waals surface area contributed by atoms with Crippen LogP contribution in [0, 0.1) is 0 Å². The summed E-state index contributed by atoms with van der Waals surface area (Å²) in [6.07, 6.45) is -1.31. The van der Waals surface area contributed by atoms with Crippen molar-refractivity contribution in [3.63, 3.8) is 0 Å². The third kappa shape index (κ3) is 2.87. The highest BCUT2D eigenvalue weighted by molar-refractivity contribution is 6.16. The predicted molar refractivity (Wildman–Crippen MR) is 131 cm³/mol. The molecule has 1 N–H and O–H groups in total. The normalized spacial score (nSPS) is 11.4. The Kier molecular flexibility index (Phi) is 4.08. The van der Waals surface area contributed by atoms with Gasteiger partial charge in [-0.3, -0.25) is 0 Å². The van der Waals surface area contributed by atoms with Gasteiger partial charge in [0.15, 0.2) is 0 Å². The SMILES string of the molecule is O=C(O)Oc1cc2ccccc2c2cc(-c3c4ccccc4cc4ccccc34)ccc12. The van der Waals surface area contributed by atoms with E-state index >= 15 is 0 Å². The molecular formula is C29H18O3. The van der Waals surface area contributed by atoms with E-state index in [1.807, 2.05) is 24.3 Å². The molecule has 0 amide bonds. The number of hydrogen-bond acceptors (Lipinski definition) is 2. The van der Waals surface area contributed by atoms with E-state index in [2.05, 4.69) is 72.8 Å². The van der Waals surface area contributed by atoms with E-state index in [0.717, 1.165) is 27.1 Å². The second-order valence-corrected chi connectivity index (χ2v) is 7.92. The van der Waals surface area contributed by atoms with Gasteiger partial charge in [-0.1, -0.05) is 78.9 Å². The molecule has 0 aliphatic rings. The van der Waals surface area contributed by atoms with Crippen molar-refractivity contribution in [3.05, 3.63) is 103 Å². The second-order valence-electron chi connectivity index (χ2n) is 7.92. The third-order valence-corrected chi connectivity index (χ3v) is 6.08. The summed E-state index contributed by atoms with van der Waals surface area (Å²) in [5.41, 5.74) is 2.26. The lowest BCUT2D eigenvalue weighted by molar-refractivity contribution is 0.145. The fraction of sp³-hybridized carbons (Fsp3) is 0. The van der Waals surface area contributed by atoms with Crippen LogP contribution in [-0.2, 0) is 0 Å². The number of benzene rings is 6. The van der Waals surface area contributed by atoms with Gasteiger partial charge in [0.2, 0.25) is 0 Å². The molecule has 0 fully saturated rings. The Hall–Kier alpha value is -4.37. The first-order chi connectivity index (χ1) is 15.7. The van der Waals surface area contributed by atoms with E-state index in [-0.39, 0.29) is 0 Å². The lowest BCUT2D eigenvalue weighted by atomic mass is 9.90. The lowest BCUT2D eigenvalue weighted by Gasteiger charge is -2.15. The molecule has 0 aliphatic carbocycles. The molecule has 0 aliphatic heterocycles. The maximum absolute atomic E-state index is 11.3. The maximum atomic E-state index is 11.3. The number of fused-ring (bicyclic) bond motifs is 5. The van der Waals surface area contributed by atoms with Crippen molar-refractivity contribution < 1.29 is 14.6 Å². The summed E-state index contributed by atoms with van der Waals surface area (Å²) in [4.78, 5) is 11.3. The van der Waals surface area contributed by atoms with E-state index in [1.165, 1.54) is 27.1 Å². The summed E-state index contributed by atoms with van der Waals surface area (Å²) in [5.74, 6) is 0.348. The Bertz CT molecular complexity index is 1630. The van der Waals surface area contributed by atoms with Gasteiger partial charge in [-0.05, 0) is 73.1 Å². The zero-order valence-electron chi connectivity index (χ0n) is 17.1.